The van der Waals surface area contributed by atoms with Crippen LogP contribution in [0.4, 0.5) is 0 Å². The molecule has 0 aliphatic carbocycles. The minimum atomic E-state index is -0.661. The Morgan fingerprint density at radius 2 is 1.61 bits per heavy atom. The van der Waals surface area contributed by atoms with Crippen molar-refractivity contribution >= 4 is 46.8 Å². The van der Waals surface area contributed by atoms with Crippen LogP contribution in [0.5, 0.6) is 0 Å². The Kier molecular flexibility index (Phi) is 11.2. The van der Waals surface area contributed by atoms with E-state index in [2.05, 4.69) is 5.32 Å². The van der Waals surface area contributed by atoms with Gasteiger partial charge < -0.3 is 10.2 Å². The maximum atomic E-state index is 13.7. The van der Waals surface area contributed by atoms with E-state index in [1.54, 1.807) is 22.7 Å². The molecule has 190 valence electrons. The first-order valence-corrected chi connectivity index (χ1v) is 13.9. The summed E-state index contributed by atoms with van der Waals surface area (Å²) in [7, 11) is 0. The molecule has 0 spiro atoms. The summed E-state index contributed by atoms with van der Waals surface area (Å²) in [4.78, 5) is 29.9. The minimum Gasteiger partial charge on any atom is -0.352 e. The molecule has 0 saturated heterocycles. The summed E-state index contributed by atoms with van der Waals surface area (Å²) in [5.41, 5.74) is 1.81. The molecule has 2 atom stereocenters. The van der Waals surface area contributed by atoms with Crippen molar-refractivity contribution in [2.75, 3.05) is 5.75 Å². The number of thioether (sulfide) groups is 1. The lowest BCUT2D eigenvalue weighted by atomic mass is 10.0. The highest BCUT2D eigenvalue weighted by Gasteiger charge is 2.31. The number of carbonyl (C=O) groups excluding carboxylic acids is 2. The summed E-state index contributed by atoms with van der Waals surface area (Å²) in [5.74, 6) is 0.348. The van der Waals surface area contributed by atoms with Crippen LogP contribution >= 0.6 is 35.0 Å². The van der Waals surface area contributed by atoms with E-state index in [0.717, 1.165) is 22.4 Å². The molecule has 0 heterocycles. The van der Waals surface area contributed by atoms with E-state index in [1.165, 1.54) is 0 Å². The number of halogens is 2. The third kappa shape index (κ3) is 8.58. The fraction of sp³-hybridized carbons (Fsp3) is 0.310. The number of benzene rings is 3. The lowest BCUT2D eigenvalue weighted by molar-refractivity contribution is -0.141. The molecule has 36 heavy (non-hydrogen) atoms. The zero-order valence-corrected chi connectivity index (χ0v) is 23.0. The highest BCUT2D eigenvalue weighted by molar-refractivity contribution is 7.99. The van der Waals surface area contributed by atoms with E-state index < -0.39 is 6.04 Å². The molecule has 0 fully saturated rings. The van der Waals surface area contributed by atoms with Crippen LogP contribution in [-0.2, 0) is 22.6 Å². The minimum absolute atomic E-state index is 0.00787. The molecule has 3 aromatic rings. The maximum Gasteiger partial charge on any atom is 0.243 e. The SMILES string of the molecule is CC[C@@H](C)NC(=O)[C@@H](Cc1ccccc1)N(Cc1ccccc1Cl)C(=O)CCSc1ccc(Cl)cc1. The van der Waals surface area contributed by atoms with Gasteiger partial charge in [0.05, 0.1) is 0 Å². The van der Waals surface area contributed by atoms with Gasteiger partial charge in [0.1, 0.15) is 6.04 Å². The van der Waals surface area contributed by atoms with Gasteiger partial charge in [-0.2, -0.15) is 0 Å². The molecule has 7 heteroatoms. The molecule has 2 amide bonds. The van der Waals surface area contributed by atoms with Gasteiger partial charge in [-0.05, 0) is 54.8 Å². The number of carbonyl (C=O) groups is 2. The predicted molar refractivity (Wildman–Crippen MR) is 151 cm³/mol. The smallest absolute Gasteiger partial charge is 0.243 e. The Labute approximate surface area is 228 Å². The standard InChI is InChI=1S/C29H32Cl2N2O2S/c1-3-21(2)32-29(35)27(19-22-9-5-4-6-10-22)33(20-23-11-7-8-12-26(23)31)28(34)17-18-36-25-15-13-24(30)14-16-25/h4-16,21,27H,3,17-20H2,1-2H3,(H,32,35)/t21-,27-/m1/s1. The van der Waals surface area contributed by atoms with E-state index in [4.69, 9.17) is 23.2 Å². The topological polar surface area (TPSA) is 49.4 Å². The third-order valence-corrected chi connectivity index (χ3v) is 7.60. The van der Waals surface area contributed by atoms with Gasteiger partial charge >= 0.3 is 0 Å². The largest absolute Gasteiger partial charge is 0.352 e. The van der Waals surface area contributed by atoms with E-state index in [9.17, 15) is 9.59 Å². The van der Waals surface area contributed by atoms with Crippen LogP contribution in [0, 0.1) is 0 Å². The Balaban J connectivity index is 1.86. The molecule has 3 rings (SSSR count). The molecule has 1 N–H and O–H groups in total. The number of nitrogens with one attached hydrogen (secondary N) is 1. The van der Waals surface area contributed by atoms with Gasteiger partial charge in [0.25, 0.3) is 0 Å². The highest BCUT2D eigenvalue weighted by atomic mass is 35.5. The third-order valence-electron chi connectivity index (χ3n) is 5.97. The Hall–Kier alpha value is -2.47. The Bertz CT molecular complexity index is 1130. The van der Waals surface area contributed by atoms with E-state index in [-0.39, 0.29) is 24.4 Å². The van der Waals surface area contributed by atoms with Crippen molar-refractivity contribution in [3.05, 3.63) is 100 Å². The van der Waals surface area contributed by atoms with Crippen molar-refractivity contribution in [1.29, 1.82) is 0 Å². The molecule has 4 nitrogen and oxygen atoms in total. The van der Waals surface area contributed by atoms with Crippen molar-refractivity contribution in [2.45, 2.75) is 56.6 Å². The average molecular weight is 544 g/mol. The predicted octanol–water partition coefficient (Wildman–Crippen LogP) is 7.03. The van der Waals surface area contributed by atoms with E-state index >= 15 is 0 Å². The molecular weight excluding hydrogens is 511 g/mol. The van der Waals surface area contributed by atoms with Gasteiger partial charge in [-0.15, -0.1) is 11.8 Å². The molecular formula is C29H32Cl2N2O2S. The van der Waals surface area contributed by atoms with Crippen molar-refractivity contribution < 1.29 is 9.59 Å². The molecule has 0 radical (unpaired) electrons. The average Bonchev–Trinajstić information content (AvgIpc) is 2.88. The highest BCUT2D eigenvalue weighted by Crippen LogP contribution is 2.24. The molecule has 0 bridgehead atoms. The molecule has 3 aromatic carbocycles. The van der Waals surface area contributed by atoms with Crippen LogP contribution in [0.15, 0.2) is 83.8 Å². The number of hydrogen-bond donors (Lipinski definition) is 1. The van der Waals surface area contributed by atoms with Gasteiger partial charge in [0.2, 0.25) is 11.8 Å². The normalized spacial score (nSPS) is 12.6. The Morgan fingerprint density at radius 3 is 2.28 bits per heavy atom. The fourth-order valence-electron chi connectivity index (χ4n) is 3.74. The lowest BCUT2D eigenvalue weighted by Gasteiger charge is -2.32. The van der Waals surface area contributed by atoms with E-state index in [1.807, 2.05) is 86.6 Å². The maximum absolute atomic E-state index is 13.7. The first-order chi connectivity index (χ1) is 17.4. The summed E-state index contributed by atoms with van der Waals surface area (Å²) in [5, 5.41) is 4.34. The summed E-state index contributed by atoms with van der Waals surface area (Å²) >= 11 is 14.0. The van der Waals surface area contributed by atoms with Gasteiger partial charge in [-0.3, -0.25) is 9.59 Å². The number of nitrogens with zero attached hydrogens (tertiary/aromatic N) is 1. The van der Waals surface area contributed by atoms with Gasteiger partial charge in [-0.25, -0.2) is 0 Å². The van der Waals surface area contributed by atoms with Crippen LogP contribution in [0.2, 0.25) is 10.0 Å². The van der Waals surface area contributed by atoms with Gasteiger partial charge in [-0.1, -0.05) is 78.7 Å². The second kappa shape index (κ2) is 14.3. The van der Waals surface area contributed by atoms with Crippen LogP contribution in [-0.4, -0.2) is 34.6 Å². The second-order valence-electron chi connectivity index (χ2n) is 8.69. The molecule has 0 aliphatic rings. The zero-order valence-electron chi connectivity index (χ0n) is 20.6. The van der Waals surface area contributed by atoms with Crippen molar-refractivity contribution in [2.24, 2.45) is 0 Å². The van der Waals surface area contributed by atoms with Crippen molar-refractivity contribution in [1.82, 2.24) is 10.2 Å². The van der Waals surface area contributed by atoms with Crippen LogP contribution < -0.4 is 5.32 Å². The molecule has 0 aliphatic heterocycles. The van der Waals surface area contributed by atoms with Crippen LogP contribution in [0.1, 0.15) is 37.8 Å². The molecule has 0 saturated carbocycles. The molecule has 0 aromatic heterocycles. The van der Waals surface area contributed by atoms with E-state index in [0.29, 0.717) is 28.6 Å². The summed E-state index contributed by atoms with van der Waals surface area (Å²) < 4.78 is 0. The monoisotopic (exact) mass is 542 g/mol. The van der Waals surface area contributed by atoms with Crippen LogP contribution in [0.3, 0.4) is 0 Å². The summed E-state index contributed by atoms with van der Waals surface area (Å²) in [6.07, 6.45) is 1.52. The fourth-order valence-corrected chi connectivity index (χ4v) is 4.90. The Morgan fingerprint density at radius 1 is 0.944 bits per heavy atom. The summed E-state index contributed by atoms with van der Waals surface area (Å²) in [6.45, 7) is 4.26. The van der Waals surface area contributed by atoms with Crippen molar-refractivity contribution in [3.8, 4) is 0 Å². The number of amides is 2. The number of rotatable bonds is 12. The van der Waals surface area contributed by atoms with Crippen molar-refractivity contribution in [3.63, 3.8) is 0 Å². The lowest BCUT2D eigenvalue weighted by Crippen LogP contribution is -2.52. The second-order valence-corrected chi connectivity index (χ2v) is 10.7. The molecule has 0 unspecified atom stereocenters. The number of hydrogen-bond acceptors (Lipinski definition) is 3. The zero-order chi connectivity index (χ0) is 25.9. The first kappa shape index (κ1) is 28.1. The first-order valence-electron chi connectivity index (χ1n) is 12.1. The summed E-state index contributed by atoms with van der Waals surface area (Å²) in [6, 6.07) is 24.2. The van der Waals surface area contributed by atoms with Gasteiger partial charge in [0, 0.05) is 46.1 Å². The van der Waals surface area contributed by atoms with Gasteiger partial charge in [0.15, 0.2) is 0 Å². The quantitative estimate of drug-likeness (QED) is 0.250. The van der Waals surface area contributed by atoms with Crippen LogP contribution in [0.25, 0.3) is 0 Å².